The van der Waals surface area contributed by atoms with Gasteiger partial charge in [-0.15, -0.1) is 0 Å². The largest absolute Gasteiger partial charge is 0.355 e. The molecule has 3 aromatic rings. The third-order valence-electron chi connectivity index (χ3n) is 5.51. The molecule has 11 nitrogen and oxygen atoms in total. The molecule has 0 fully saturated rings. The lowest BCUT2D eigenvalue weighted by molar-refractivity contribution is -0.117. The van der Waals surface area contributed by atoms with Crippen LogP contribution < -0.4 is 15.6 Å². The predicted molar refractivity (Wildman–Crippen MR) is 139 cm³/mol. The van der Waals surface area contributed by atoms with Gasteiger partial charge >= 0.3 is 0 Å². The molecule has 1 aromatic carbocycles. The quantitative estimate of drug-likeness (QED) is 0.386. The maximum atomic E-state index is 13.6. The number of hydrogen-bond acceptors (Lipinski definition) is 8. The monoisotopic (exact) mass is 562 g/mol. The number of aromatic nitrogens is 2. The van der Waals surface area contributed by atoms with E-state index >= 15 is 0 Å². The second-order valence-electron chi connectivity index (χ2n) is 7.99. The normalized spacial score (nSPS) is 15.3. The first-order chi connectivity index (χ1) is 17.5. The number of nitrogens with zero attached hydrogens (tertiary/aromatic N) is 4. The number of hydrazone groups is 1. The summed E-state index contributed by atoms with van der Waals surface area (Å²) in [6.07, 6.45) is 2.68. The van der Waals surface area contributed by atoms with Crippen molar-refractivity contribution in [3.63, 3.8) is 0 Å². The highest BCUT2D eigenvalue weighted by molar-refractivity contribution is 7.85. The Morgan fingerprint density at radius 1 is 1.14 bits per heavy atom. The lowest BCUT2D eigenvalue weighted by Gasteiger charge is -2.23. The van der Waals surface area contributed by atoms with Crippen LogP contribution in [-0.4, -0.2) is 53.6 Å². The van der Waals surface area contributed by atoms with Crippen molar-refractivity contribution in [1.82, 2.24) is 15.3 Å². The van der Waals surface area contributed by atoms with E-state index in [-0.39, 0.29) is 44.8 Å². The molecule has 0 spiro atoms. The molecule has 37 heavy (non-hydrogen) atoms. The predicted octanol–water partition coefficient (Wildman–Crippen LogP) is 3.32. The SMILES string of the molecule is CNC(=O)c1cc(Cl)cc(C)c1NC(=O)C1CC(c2cc(S(=O)(=O)O)ccn2)=NN1c1ncccc1Cl. The molecule has 1 atom stereocenters. The number of amides is 2. The van der Waals surface area contributed by atoms with Crippen LogP contribution in [0.1, 0.15) is 28.0 Å². The van der Waals surface area contributed by atoms with E-state index in [1.807, 2.05) is 0 Å². The summed E-state index contributed by atoms with van der Waals surface area (Å²) >= 11 is 12.5. The lowest BCUT2D eigenvalue weighted by atomic mass is 10.0. The average molecular weight is 563 g/mol. The van der Waals surface area contributed by atoms with Crippen LogP contribution in [-0.2, 0) is 14.9 Å². The zero-order chi connectivity index (χ0) is 26.9. The van der Waals surface area contributed by atoms with Gasteiger partial charge in [-0.1, -0.05) is 23.2 Å². The summed E-state index contributed by atoms with van der Waals surface area (Å²) in [5.41, 5.74) is 1.39. The molecule has 0 saturated heterocycles. The standard InChI is InChI=1S/C23H20Cl2N6O5S/c1-12-8-13(24)9-15(22(32)26-2)20(12)29-23(33)19-11-18(17-10-14(5-7-27-17)37(34,35)36)30-31(19)21-16(25)4-3-6-28-21/h3-10,19H,11H2,1-2H3,(H,26,32)(H,29,33)(H,34,35,36). The second-order valence-corrected chi connectivity index (χ2v) is 10.3. The third kappa shape index (κ3) is 5.57. The molecule has 1 aliphatic rings. The molecule has 0 saturated carbocycles. The van der Waals surface area contributed by atoms with Gasteiger partial charge in [-0.05, 0) is 48.9 Å². The number of benzene rings is 1. The van der Waals surface area contributed by atoms with Crippen LogP contribution in [0.25, 0.3) is 0 Å². The van der Waals surface area contributed by atoms with Gasteiger partial charge in [0.2, 0.25) is 5.91 Å². The van der Waals surface area contributed by atoms with Crippen LogP contribution in [0.5, 0.6) is 0 Å². The highest BCUT2D eigenvalue weighted by atomic mass is 35.5. The first-order valence-electron chi connectivity index (χ1n) is 10.7. The van der Waals surface area contributed by atoms with Crippen molar-refractivity contribution in [3.05, 3.63) is 75.7 Å². The first kappa shape index (κ1) is 26.5. The van der Waals surface area contributed by atoms with Crippen molar-refractivity contribution in [1.29, 1.82) is 0 Å². The highest BCUT2D eigenvalue weighted by Gasteiger charge is 2.37. The summed E-state index contributed by atoms with van der Waals surface area (Å²) in [5, 5.41) is 11.6. The fourth-order valence-electron chi connectivity index (χ4n) is 3.77. The van der Waals surface area contributed by atoms with Gasteiger partial charge in [-0.25, -0.2) is 9.99 Å². The number of anilines is 2. The highest BCUT2D eigenvalue weighted by Crippen LogP contribution is 2.32. The average Bonchev–Trinajstić information content (AvgIpc) is 3.30. The van der Waals surface area contributed by atoms with E-state index in [4.69, 9.17) is 23.2 Å². The van der Waals surface area contributed by atoms with Crippen LogP contribution in [0.2, 0.25) is 10.0 Å². The van der Waals surface area contributed by atoms with Gasteiger partial charge in [-0.2, -0.15) is 13.5 Å². The molecule has 192 valence electrons. The van der Waals surface area contributed by atoms with E-state index in [0.717, 1.165) is 12.1 Å². The Morgan fingerprint density at radius 2 is 1.89 bits per heavy atom. The number of halogens is 2. The Bertz CT molecular complexity index is 1550. The molecule has 0 radical (unpaired) electrons. The summed E-state index contributed by atoms with van der Waals surface area (Å²) < 4.78 is 32.7. The van der Waals surface area contributed by atoms with E-state index in [1.54, 1.807) is 25.1 Å². The van der Waals surface area contributed by atoms with Crippen LogP contribution in [0.15, 0.2) is 58.8 Å². The number of hydrogen-bond donors (Lipinski definition) is 3. The van der Waals surface area contributed by atoms with Crippen LogP contribution in [0, 0.1) is 6.92 Å². The molecule has 1 unspecified atom stereocenters. The minimum Gasteiger partial charge on any atom is -0.355 e. The minimum atomic E-state index is -4.49. The zero-order valence-electron chi connectivity index (χ0n) is 19.4. The van der Waals surface area contributed by atoms with Gasteiger partial charge in [0.05, 0.1) is 32.6 Å². The molecule has 0 aliphatic carbocycles. The number of rotatable bonds is 6. The van der Waals surface area contributed by atoms with Crippen molar-refractivity contribution in [2.24, 2.45) is 5.10 Å². The van der Waals surface area contributed by atoms with E-state index in [9.17, 15) is 22.6 Å². The van der Waals surface area contributed by atoms with Gasteiger partial charge in [0.15, 0.2) is 5.82 Å². The molecular weight excluding hydrogens is 543 g/mol. The topological polar surface area (TPSA) is 154 Å². The number of carbonyl (C=O) groups excluding carboxylic acids is 2. The smallest absolute Gasteiger partial charge is 0.294 e. The molecule has 3 N–H and O–H groups in total. The Kier molecular flexibility index (Phi) is 7.46. The number of nitrogens with one attached hydrogen (secondary N) is 2. The Balaban J connectivity index is 1.75. The van der Waals surface area contributed by atoms with E-state index in [1.165, 1.54) is 30.5 Å². The summed E-state index contributed by atoms with van der Waals surface area (Å²) in [7, 11) is -3.03. The number of aryl methyl sites for hydroxylation is 1. The van der Waals surface area contributed by atoms with Crippen LogP contribution >= 0.6 is 23.2 Å². The van der Waals surface area contributed by atoms with E-state index in [0.29, 0.717) is 10.6 Å². The van der Waals surface area contributed by atoms with E-state index < -0.39 is 28.0 Å². The second kappa shape index (κ2) is 10.4. The maximum absolute atomic E-state index is 13.6. The molecular formula is C23H20Cl2N6O5S. The van der Waals surface area contributed by atoms with E-state index in [2.05, 4.69) is 25.7 Å². The molecule has 2 aromatic heterocycles. The maximum Gasteiger partial charge on any atom is 0.294 e. The van der Waals surface area contributed by atoms with Crippen molar-refractivity contribution in [2.75, 3.05) is 17.4 Å². The van der Waals surface area contributed by atoms with Crippen molar-refractivity contribution in [2.45, 2.75) is 24.3 Å². The lowest BCUT2D eigenvalue weighted by Crippen LogP contribution is -2.39. The van der Waals surface area contributed by atoms with Crippen molar-refractivity contribution < 1.29 is 22.6 Å². The number of carbonyl (C=O) groups is 2. The minimum absolute atomic E-state index is 0.0113. The molecule has 14 heteroatoms. The van der Waals surface area contributed by atoms with Crippen LogP contribution in [0.4, 0.5) is 11.5 Å². The molecule has 1 aliphatic heterocycles. The van der Waals surface area contributed by atoms with Crippen LogP contribution in [0.3, 0.4) is 0 Å². The van der Waals surface area contributed by atoms with Gasteiger partial charge < -0.3 is 10.6 Å². The fourth-order valence-corrected chi connectivity index (χ4v) is 4.74. The summed E-state index contributed by atoms with van der Waals surface area (Å²) in [4.78, 5) is 34.1. The molecule has 0 bridgehead atoms. The Labute approximate surface area is 222 Å². The summed E-state index contributed by atoms with van der Waals surface area (Å²) in [6, 6.07) is 7.54. The fraction of sp³-hybridized carbons (Fsp3) is 0.174. The molecule has 3 heterocycles. The van der Waals surface area contributed by atoms with Gasteiger partial charge in [0.25, 0.3) is 16.0 Å². The third-order valence-corrected chi connectivity index (χ3v) is 6.88. The van der Waals surface area contributed by atoms with Crippen molar-refractivity contribution >= 4 is 62.4 Å². The first-order valence-corrected chi connectivity index (χ1v) is 12.9. The molecule has 4 rings (SSSR count). The summed E-state index contributed by atoms with van der Waals surface area (Å²) in [6.45, 7) is 1.70. The van der Waals surface area contributed by atoms with Gasteiger partial charge in [-0.3, -0.25) is 19.1 Å². The summed E-state index contributed by atoms with van der Waals surface area (Å²) in [5.74, 6) is -0.799. The number of pyridine rings is 2. The Hall–Kier alpha value is -3.58. The van der Waals surface area contributed by atoms with Gasteiger partial charge in [0, 0.05) is 30.9 Å². The molecule has 2 amide bonds. The Morgan fingerprint density at radius 3 is 2.57 bits per heavy atom. The van der Waals surface area contributed by atoms with Crippen molar-refractivity contribution in [3.8, 4) is 0 Å². The zero-order valence-corrected chi connectivity index (χ0v) is 21.8. The van der Waals surface area contributed by atoms with Gasteiger partial charge in [0.1, 0.15) is 6.04 Å².